The number of hydrogen-bond acceptors (Lipinski definition) is 7. The SMILES string of the molecule is C.CNC(=O)OCc1cccc2nnc([C@@H](COCc3ccccc3)NC(=O)C(C)(C)N)n12. The van der Waals surface area contributed by atoms with Gasteiger partial charge in [0.2, 0.25) is 5.91 Å². The summed E-state index contributed by atoms with van der Waals surface area (Å²) in [5.41, 5.74) is 7.08. The third-order valence-electron chi connectivity index (χ3n) is 4.69. The molecule has 0 aliphatic heterocycles. The molecule has 4 N–H and O–H groups in total. The molecule has 3 aromatic rings. The quantitative estimate of drug-likeness (QED) is 0.450. The van der Waals surface area contributed by atoms with Crippen LogP contribution in [0, 0.1) is 0 Å². The number of carbonyl (C=O) groups excluding carboxylic acids is 2. The summed E-state index contributed by atoms with van der Waals surface area (Å²) in [6.07, 6.45) is -0.558. The maximum absolute atomic E-state index is 12.7. The summed E-state index contributed by atoms with van der Waals surface area (Å²) in [6, 6.07) is 14.4. The Kier molecular flexibility index (Phi) is 8.89. The number of aromatic nitrogens is 3. The molecule has 0 saturated heterocycles. The molecule has 2 heterocycles. The van der Waals surface area contributed by atoms with Crippen LogP contribution >= 0.6 is 0 Å². The zero-order valence-electron chi connectivity index (χ0n) is 18.4. The second-order valence-electron chi connectivity index (χ2n) is 7.84. The molecule has 0 aliphatic rings. The van der Waals surface area contributed by atoms with E-state index < -0.39 is 17.7 Å². The van der Waals surface area contributed by atoms with Gasteiger partial charge in [0.05, 0.1) is 24.4 Å². The third-order valence-corrected chi connectivity index (χ3v) is 4.69. The first-order valence-electron chi connectivity index (χ1n) is 10.2. The van der Waals surface area contributed by atoms with Gasteiger partial charge in [-0.3, -0.25) is 9.20 Å². The zero-order valence-corrected chi connectivity index (χ0v) is 18.4. The molecule has 0 saturated carbocycles. The average molecular weight is 457 g/mol. The lowest BCUT2D eigenvalue weighted by atomic mass is 10.1. The number of alkyl carbamates (subject to hydrolysis) is 1. The van der Waals surface area contributed by atoms with E-state index in [2.05, 4.69) is 20.8 Å². The highest BCUT2D eigenvalue weighted by Crippen LogP contribution is 2.18. The normalized spacial score (nSPS) is 12.0. The maximum atomic E-state index is 12.7. The average Bonchev–Trinajstić information content (AvgIpc) is 3.21. The minimum Gasteiger partial charge on any atom is -0.443 e. The molecule has 2 amide bonds. The Labute approximate surface area is 193 Å². The Morgan fingerprint density at radius 2 is 1.82 bits per heavy atom. The highest BCUT2D eigenvalue weighted by atomic mass is 16.5. The number of rotatable bonds is 9. The lowest BCUT2D eigenvalue weighted by molar-refractivity contribution is -0.126. The third kappa shape index (κ3) is 6.74. The number of nitrogens with one attached hydrogen (secondary N) is 2. The number of nitrogens with two attached hydrogens (primary N) is 1. The predicted octanol–water partition coefficient (Wildman–Crippen LogP) is 2.33. The fourth-order valence-corrected chi connectivity index (χ4v) is 2.97. The van der Waals surface area contributed by atoms with E-state index in [4.69, 9.17) is 15.2 Å². The minimum atomic E-state index is -1.09. The fourth-order valence-electron chi connectivity index (χ4n) is 2.97. The largest absolute Gasteiger partial charge is 0.443 e. The van der Waals surface area contributed by atoms with Crippen LogP contribution in [0.3, 0.4) is 0 Å². The van der Waals surface area contributed by atoms with Crippen LogP contribution in [-0.4, -0.2) is 45.8 Å². The van der Waals surface area contributed by atoms with Crippen molar-refractivity contribution in [2.45, 2.75) is 46.1 Å². The molecule has 1 atom stereocenters. The van der Waals surface area contributed by atoms with Gasteiger partial charge in [0.1, 0.15) is 12.6 Å². The molecule has 0 unspecified atom stereocenters. The molecule has 0 aliphatic carbocycles. The van der Waals surface area contributed by atoms with Crippen LogP contribution in [0.5, 0.6) is 0 Å². The summed E-state index contributed by atoms with van der Waals surface area (Å²) in [5, 5.41) is 13.8. The summed E-state index contributed by atoms with van der Waals surface area (Å²) in [5.74, 6) is 0.0865. The van der Waals surface area contributed by atoms with E-state index >= 15 is 0 Å². The second-order valence-corrected chi connectivity index (χ2v) is 7.84. The van der Waals surface area contributed by atoms with Crippen LogP contribution in [0.1, 0.15) is 44.4 Å². The van der Waals surface area contributed by atoms with Crippen molar-refractivity contribution in [3.05, 3.63) is 65.6 Å². The van der Waals surface area contributed by atoms with E-state index in [-0.39, 0.29) is 26.5 Å². The van der Waals surface area contributed by atoms with Crippen LogP contribution in [0.2, 0.25) is 0 Å². The Bertz CT molecular complexity index is 1060. The molecule has 178 valence electrons. The van der Waals surface area contributed by atoms with Crippen LogP contribution in [0.25, 0.3) is 5.65 Å². The fraction of sp³-hybridized carbons (Fsp3) is 0.391. The number of amides is 2. The maximum Gasteiger partial charge on any atom is 0.407 e. The number of carbonyl (C=O) groups is 2. The molecule has 2 aromatic heterocycles. The van der Waals surface area contributed by atoms with Gasteiger partial charge in [-0.2, -0.15) is 0 Å². The summed E-state index contributed by atoms with van der Waals surface area (Å²) >= 11 is 0. The van der Waals surface area contributed by atoms with Gasteiger partial charge in [-0.15, -0.1) is 10.2 Å². The number of fused-ring (bicyclic) bond motifs is 1. The molecule has 33 heavy (non-hydrogen) atoms. The lowest BCUT2D eigenvalue weighted by Gasteiger charge is -2.24. The predicted molar refractivity (Wildman–Crippen MR) is 124 cm³/mol. The number of pyridine rings is 1. The van der Waals surface area contributed by atoms with Crippen LogP contribution < -0.4 is 16.4 Å². The van der Waals surface area contributed by atoms with Crippen molar-refractivity contribution < 1.29 is 19.1 Å². The van der Waals surface area contributed by atoms with Crippen LogP contribution in [-0.2, 0) is 27.5 Å². The molecular formula is C23H32N6O4. The van der Waals surface area contributed by atoms with Gasteiger partial charge in [0.15, 0.2) is 11.5 Å². The highest BCUT2D eigenvalue weighted by molar-refractivity contribution is 5.85. The highest BCUT2D eigenvalue weighted by Gasteiger charge is 2.28. The van der Waals surface area contributed by atoms with Gasteiger partial charge < -0.3 is 25.8 Å². The van der Waals surface area contributed by atoms with Crippen molar-refractivity contribution in [3.8, 4) is 0 Å². The summed E-state index contributed by atoms with van der Waals surface area (Å²) in [6.45, 7) is 3.74. The van der Waals surface area contributed by atoms with Crippen molar-refractivity contribution in [2.24, 2.45) is 5.73 Å². The van der Waals surface area contributed by atoms with E-state index in [1.54, 1.807) is 36.4 Å². The molecule has 3 rings (SSSR count). The Hall–Kier alpha value is -3.50. The molecule has 1 aromatic carbocycles. The Balaban J connectivity index is 0.00000385. The summed E-state index contributed by atoms with van der Waals surface area (Å²) < 4.78 is 12.8. The first kappa shape index (κ1) is 25.8. The smallest absolute Gasteiger partial charge is 0.407 e. The van der Waals surface area contributed by atoms with Crippen molar-refractivity contribution in [3.63, 3.8) is 0 Å². The van der Waals surface area contributed by atoms with E-state index in [0.29, 0.717) is 23.8 Å². The van der Waals surface area contributed by atoms with Crippen molar-refractivity contribution in [1.82, 2.24) is 25.2 Å². The van der Waals surface area contributed by atoms with E-state index in [1.165, 1.54) is 7.05 Å². The second kappa shape index (κ2) is 11.4. The Morgan fingerprint density at radius 1 is 1.09 bits per heavy atom. The van der Waals surface area contributed by atoms with Gasteiger partial charge in [-0.1, -0.05) is 43.8 Å². The summed E-state index contributed by atoms with van der Waals surface area (Å²) in [7, 11) is 1.48. The number of nitrogens with zero attached hydrogens (tertiary/aromatic N) is 3. The van der Waals surface area contributed by atoms with Gasteiger partial charge in [0, 0.05) is 7.05 Å². The molecule has 0 fully saturated rings. The first-order chi connectivity index (χ1) is 15.3. The lowest BCUT2D eigenvalue weighted by Crippen LogP contribution is -2.51. The monoisotopic (exact) mass is 456 g/mol. The van der Waals surface area contributed by atoms with E-state index in [1.807, 2.05) is 30.3 Å². The standard InChI is InChI=1S/C22H28N6O4.CH4/c1-22(2,23)20(29)25-17(14-31-12-15-8-5-4-6-9-15)19-27-26-18-11-7-10-16(28(18)19)13-32-21(30)24-3;/h4-11,17H,12-14,23H2,1-3H3,(H,24,30)(H,25,29);1H4/t17-;/m1./s1. The number of hydrogen-bond donors (Lipinski definition) is 3. The Morgan fingerprint density at radius 3 is 2.48 bits per heavy atom. The molecule has 0 bridgehead atoms. The minimum absolute atomic E-state index is 0. The van der Waals surface area contributed by atoms with Gasteiger partial charge in [0.25, 0.3) is 0 Å². The topological polar surface area (TPSA) is 133 Å². The van der Waals surface area contributed by atoms with Gasteiger partial charge in [-0.25, -0.2) is 4.79 Å². The van der Waals surface area contributed by atoms with Gasteiger partial charge >= 0.3 is 6.09 Å². The van der Waals surface area contributed by atoms with Crippen molar-refractivity contribution in [1.29, 1.82) is 0 Å². The molecule has 10 nitrogen and oxygen atoms in total. The van der Waals surface area contributed by atoms with Crippen molar-refractivity contribution >= 4 is 17.6 Å². The van der Waals surface area contributed by atoms with Gasteiger partial charge in [-0.05, 0) is 31.5 Å². The van der Waals surface area contributed by atoms with E-state index in [9.17, 15) is 9.59 Å². The van der Waals surface area contributed by atoms with Crippen LogP contribution in [0.4, 0.5) is 4.79 Å². The molecule has 0 spiro atoms. The zero-order chi connectivity index (χ0) is 23.1. The molecular weight excluding hydrogens is 424 g/mol. The number of benzene rings is 1. The van der Waals surface area contributed by atoms with Crippen molar-refractivity contribution in [2.75, 3.05) is 13.7 Å². The van der Waals surface area contributed by atoms with E-state index in [0.717, 1.165) is 5.56 Å². The van der Waals surface area contributed by atoms with Crippen LogP contribution in [0.15, 0.2) is 48.5 Å². The molecule has 10 heteroatoms. The number of ether oxygens (including phenoxy) is 2. The summed E-state index contributed by atoms with van der Waals surface area (Å²) in [4.78, 5) is 24.2. The first-order valence-corrected chi connectivity index (χ1v) is 10.2. The molecule has 0 radical (unpaired) electrons.